The summed E-state index contributed by atoms with van der Waals surface area (Å²) in [6.45, 7) is 11.2. The first-order valence-electron chi connectivity index (χ1n) is 6.72. The lowest BCUT2D eigenvalue weighted by atomic mass is 10.1. The first-order valence-corrected chi connectivity index (χ1v) is 6.72. The fourth-order valence-corrected chi connectivity index (χ4v) is 2.41. The molecule has 4 heteroatoms. The van der Waals surface area contributed by atoms with E-state index >= 15 is 0 Å². The van der Waals surface area contributed by atoms with Gasteiger partial charge in [0.1, 0.15) is 5.82 Å². The van der Waals surface area contributed by atoms with E-state index in [1.165, 1.54) is 18.8 Å². The third kappa shape index (κ3) is 3.54. The minimum Gasteiger partial charge on any atom is -0.333 e. The Morgan fingerprint density at radius 2 is 2.35 bits per heavy atom. The molecular weight excluding hydrogens is 212 g/mol. The number of rotatable bonds is 6. The fourth-order valence-electron chi connectivity index (χ4n) is 2.41. The number of fused-ring (bicyclic) bond motifs is 1. The van der Waals surface area contributed by atoms with Gasteiger partial charge in [-0.3, -0.25) is 4.90 Å². The van der Waals surface area contributed by atoms with Crippen LogP contribution in [-0.2, 0) is 13.1 Å². The van der Waals surface area contributed by atoms with Crippen molar-refractivity contribution in [3.8, 4) is 0 Å². The number of hydrogen-bond acceptors (Lipinski definition) is 3. The molecule has 2 heterocycles. The Balaban J connectivity index is 1.74. The second kappa shape index (κ2) is 6.17. The van der Waals surface area contributed by atoms with Crippen LogP contribution >= 0.6 is 0 Å². The third-order valence-electron chi connectivity index (χ3n) is 3.31. The average Bonchev–Trinajstić information content (AvgIpc) is 2.76. The molecule has 1 aromatic rings. The van der Waals surface area contributed by atoms with Crippen LogP contribution in [0, 0.1) is 5.92 Å². The van der Waals surface area contributed by atoms with E-state index in [1.807, 2.05) is 6.20 Å². The molecular formula is C13H24N4. The summed E-state index contributed by atoms with van der Waals surface area (Å²) in [5.41, 5.74) is 0. The van der Waals surface area contributed by atoms with Gasteiger partial charge in [0.2, 0.25) is 0 Å². The van der Waals surface area contributed by atoms with Gasteiger partial charge >= 0.3 is 0 Å². The smallest absolute Gasteiger partial charge is 0.122 e. The van der Waals surface area contributed by atoms with Crippen molar-refractivity contribution in [2.75, 3.05) is 26.2 Å². The van der Waals surface area contributed by atoms with Crippen LogP contribution in [0.5, 0.6) is 0 Å². The maximum Gasteiger partial charge on any atom is 0.122 e. The number of nitrogens with one attached hydrogen (secondary N) is 1. The number of aromatic nitrogens is 2. The third-order valence-corrected chi connectivity index (χ3v) is 3.31. The van der Waals surface area contributed by atoms with Gasteiger partial charge in [0.25, 0.3) is 0 Å². The molecule has 0 aliphatic carbocycles. The van der Waals surface area contributed by atoms with E-state index in [0.717, 1.165) is 32.7 Å². The second-order valence-electron chi connectivity index (χ2n) is 5.08. The molecule has 0 saturated carbocycles. The first kappa shape index (κ1) is 12.6. The van der Waals surface area contributed by atoms with Crippen molar-refractivity contribution >= 4 is 0 Å². The zero-order valence-corrected chi connectivity index (χ0v) is 11.0. The Labute approximate surface area is 104 Å². The van der Waals surface area contributed by atoms with Gasteiger partial charge in [0, 0.05) is 32.0 Å². The number of hydrogen-bond donors (Lipinski definition) is 1. The summed E-state index contributed by atoms with van der Waals surface area (Å²) >= 11 is 0. The van der Waals surface area contributed by atoms with Crippen LogP contribution in [0.25, 0.3) is 0 Å². The summed E-state index contributed by atoms with van der Waals surface area (Å²) in [6, 6.07) is 0. The van der Waals surface area contributed by atoms with E-state index in [4.69, 9.17) is 0 Å². The molecule has 0 amide bonds. The molecule has 2 rings (SSSR count). The molecule has 17 heavy (non-hydrogen) atoms. The van der Waals surface area contributed by atoms with Crippen molar-refractivity contribution in [2.24, 2.45) is 5.92 Å². The highest BCUT2D eigenvalue weighted by atomic mass is 15.2. The van der Waals surface area contributed by atoms with Gasteiger partial charge in [-0.2, -0.15) is 0 Å². The van der Waals surface area contributed by atoms with Crippen molar-refractivity contribution < 1.29 is 0 Å². The molecule has 1 aromatic heterocycles. The lowest BCUT2D eigenvalue weighted by Gasteiger charge is -2.29. The monoisotopic (exact) mass is 236 g/mol. The fraction of sp³-hybridized carbons (Fsp3) is 0.769. The standard InChI is InChI=1S/C13H24N4/c1-3-4-14-9-12(2)10-16-7-8-17-6-5-15-13(17)11-16/h5-6,12,14H,3-4,7-11H2,1-2H3. The molecule has 1 aliphatic heterocycles. The Morgan fingerprint density at radius 1 is 1.47 bits per heavy atom. The molecule has 1 N–H and O–H groups in total. The molecule has 0 bridgehead atoms. The minimum absolute atomic E-state index is 0.711. The Bertz CT molecular complexity index is 334. The lowest BCUT2D eigenvalue weighted by Crippen LogP contribution is -2.38. The molecule has 96 valence electrons. The van der Waals surface area contributed by atoms with Crippen LogP contribution in [0.15, 0.2) is 12.4 Å². The van der Waals surface area contributed by atoms with Gasteiger partial charge in [-0.1, -0.05) is 13.8 Å². The predicted molar refractivity (Wildman–Crippen MR) is 69.8 cm³/mol. The van der Waals surface area contributed by atoms with Gasteiger partial charge in [-0.15, -0.1) is 0 Å². The van der Waals surface area contributed by atoms with E-state index in [1.54, 1.807) is 0 Å². The maximum absolute atomic E-state index is 4.40. The summed E-state index contributed by atoms with van der Waals surface area (Å²) in [6.07, 6.45) is 5.21. The van der Waals surface area contributed by atoms with Gasteiger partial charge in [0.15, 0.2) is 0 Å². The minimum atomic E-state index is 0.711. The summed E-state index contributed by atoms with van der Waals surface area (Å²) in [5.74, 6) is 1.92. The van der Waals surface area contributed by atoms with Gasteiger partial charge < -0.3 is 9.88 Å². The molecule has 1 unspecified atom stereocenters. The highest BCUT2D eigenvalue weighted by Gasteiger charge is 2.17. The summed E-state index contributed by atoms with van der Waals surface area (Å²) in [4.78, 5) is 6.91. The van der Waals surface area contributed by atoms with E-state index in [9.17, 15) is 0 Å². The lowest BCUT2D eigenvalue weighted by molar-refractivity contribution is 0.188. The zero-order valence-electron chi connectivity index (χ0n) is 11.0. The van der Waals surface area contributed by atoms with Crippen molar-refractivity contribution in [1.29, 1.82) is 0 Å². The maximum atomic E-state index is 4.40. The molecule has 1 atom stereocenters. The van der Waals surface area contributed by atoms with Gasteiger partial charge in [-0.25, -0.2) is 4.98 Å². The van der Waals surface area contributed by atoms with Crippen molar-refractivity contribution in [3.05, 3.63) is 18.2 Å². The van der Waals surface area contributed by atoms with Gasteiger partial charge in [-0.05, 0) is 25.4 Å². The molecule has 0 radical (unpaired) electrons. The Hall–Kier alpha value is -0.870. The van der Waals surface area contributed by atoms with Crippen LogP contribution in [0.1, 0.15) is 26.1 Å². The van der Waals surface area contributed by atoms with Crippen LogP contribution in [0.3, 0.4) is 0 Å². The van der Waals surface area contributed by atoms with E-state index in [2.05, 4.69) is 39.8 Å². The van der Waals surface area contributed by atoms with Gasteiger partial charge in [0.05, 0.1) is 6.54 Å². The summed E-state index contributed by atoms with van der Waals surface area (Å²) < 4.78 is 2.26. The topological polar surface area (TPSA) is 33.1 Å². The average molecular weight is 236 g/mol. The molecule has 0 saturated heterocycles. The van der Waals surface area contributed by atoms with E-state index in [0.29, 0.717) is 5.92 Å². The van der Waals surface area contributed by atoms with Crippen molar-refractivity contribution in [2.45, 2.75) is 33.4 Å². The highest BCUT2D eigenvalue weighted by Crippen LogP contribution is 2.11. The molecule has 4 nitrogen and oxygen atoms in total. The van der Waals surface area contributed by atoms with Crippen molar-refractivity contribution in [1.82, 2.24) is 19.8 Å². The predicted octanol–water partition coefficient (Wildman–Crippen LogP) is 1.33. The normalized spacial score (nSPS) is 18.0. The first-order chi connectivity index (χ1) is 8.29. The van der Waals surface area contributed by atoms with E-state index < -0.39 is 0 Å². The summed E-state index contributed by atoms with van der Waals surface area (Å²) in [5, 5.41) is 3.49. The Kier molecular flexibility index (Phi) is 4.57. The number of imidazole rings is 1. The zero-order chi connectivity index (χ0) is 12.1. The second-order valence-corrected chi connectivity index (χ2v) is 5.08. The summed E-state index contributed by atoms with van der Waals surface area (Å²) in [7, 11) is 0. The number of nitrogens with zero attached hydrogens (tertiary/aromatic N) is 3. The largest absolute Gasteiger partial charge is 0.333 e. The molecule has 0 spiro atoms. The Morgan fingerprint density at radius 3 is 3.18 bits per heavy atom. The molecule has 1 aliphatic rings. The van der Waals surface area contributed by atoms with Crippen LogP contribution < -0.4 is 5.32 Å². The van der Waals surface area contributed by atoms with Crippen molar-refractivity contribution in [3.63, 3.8) is 0 Å². The molecule has 0 fully saturated rings. The van der Waals surface area contributed by atoms with Crippen LogP contribution in [0.4, 0.5) is 0 Å². The van der Waals surface area contributed by atoms with E-state index in [-0.39, 0.29) is 0 Å². The van der Waals surface area contributed by atoms with Crippen LogP contribution in [-0.4, -0.2) is 40.6 Å². The molecule has 0 aromatic carbocycles. The highest BCUT2D eigenvalue weighted by molar-refractivity contribution is 4.95. The quantitative estimate of drug-likeness (QED) is 0.757. The SMILES string of the molecule is CCCNCC(C)CN1CCn2ccnc2C1. The van der Waals surface area contributed by atoms with Crippen LogP contribution in [0.2, 0.25) is 0 Å².